The number of nitrogens with one attached hydrogen (secondary N) is 2. The number of aromatic nitrogens is 1. The van der Waals surface area contributed by atoms with Crippen molar-refractivity contribution in [3.63, 3.8) is 0 Å². The summed E-state index contributed by atoms with van der Waals surface area (Å²) in [7, 11) is 0. The van der Waals surface area contributed by atoms with Gasteiger partial charge in [0.15, 0.2) is 0 Å². The minimum atomic E-state index is -0.531. The van der Waals surface area contributed by atoms with Crippen LogP contribution in [0.1, 0.15) is 22.4 Å². The minimum absolute atomic E-state index is 0.531. The van der Waals surface area contributed by atoms with Crippen LogP contribution in [-0.4, -0.2) is 27.5 Å². The van der Waals surface area contributed by atoms with Crippen LogP contribution in [0, 0.1) is 0 Å². The summed E-state index contributed by atoms with van der Waals surface area (Å²) in [6.07, 6.45) is 4.02. The molecule has 3 N–H and O–H groups in total. The van der Waals surface area contributed by atoms with Crippen LogP contribution >= 0.6 is 0 Å². The fraction of sp³-hybridized carbons (Fsp3) is 0.190. The van der Waals surface area contributed by atoms with Crippen molar-refractivity contribution in [3.05, 3.63) is 77.0 Å². The first-order chi connectivity index (χ1) is 12.7. The summed E-state index contributed by atoms with van der Waals surface area (Å²) >= 11 is 0. The summed E-state index contributed by atoms with van der Waals surface area (Å²) < 4.78 is 0. The molecule has 0 saturated carbocycles. The third kappa shape index (κ3) is 3.40. The van der Waals surface area contributed by atoms with Crippen LogP contribution in [0.3, 0.4) is 0 Å². The lowest BCUT2D eigenvalue weighted by atomic mass is 10.0. The molecule has 4 rings (SSSR count). The van der Waals surface area contributed by atoms with E-state index in [-0.39, 0.29) is 0 Å². The molecule has 1 aliphatic heterocycles. The van der Waals surface area contributed by atoms with Crippen molar-refractivity contribution in [1.29, 1.82) is 0 Å². The number of nitrogens with zero attached hydrogens (tertiary/aromatic N) is 1. The van der Waals surface area contributed by atoms with E-state index in [1.807, 2.05) is 12.1 Å². The number of carbonyl (C=O) groups is 1. The highest BCUT2D eigenvalue weighted by Crippen LogP contribution is 2.28. The summed E-state index contributed by atoms with van der Waals surface area (Å²) in [4.78, 5) is 17.0. The molecule has 0 atom stereocenters. The number of hydrogen-bond acceptors (Lipinski definition) is 3. The van der Waals surface area contributed by atoms with Crippen molar-refractivity contribution in [2.24, 2.45) is 0 Å². The lowest BCUT2D eigenvalue weighted by Crippen LogP contribution is -2.29. The second kappa shape index (κ2) is 7.15. The van der Waals surface area contributed by atoms with Gasteiger partial charge in [-0.15, -0.1) is 0 Å². The molecule has 0 aliphatic carbocycles. The third-order valence-electron chi connectivity index (χ3n) is 4.89. The molecular formula is C21H21N3O2. The van der Waals surface area contributed by atoms with Gasteiger partial charge in [0.1, 0.15) is 0 Å². The van der Waals surface area contributed by atoms with Crippen molar-refractivity contribution in [1.82, 2.24) is 15.4 Å². The van der Waals surface area contributed by atoms with E-state index < -0.39 is 5.91 Å². The first-order valence-electron chi connectivity index (χ1n) is 8.75. The Morgan fingerprint density at radius 3 is 2.81 bits per heavy atom. The van der Waals surface area contributed by atoms with Crippen molar-refractivity contribution < 1.29 is 10.0 Å². The maximum atomic E-state index is 11.0. The van der Waals surface area contributed by atoms with E-state index in [2.05, 4.69) is 46.3 Å². The summed E-state index contributed by atoms with van der Waals surface area (Å²) in [6.45, 7) is 2.90. The van der Waals surface area contributed by atoms with Gasteiger partial charge in [-0.1, -0.05) is 42.5 Å². The Bertz CT molecular complexity index is 957. The number of aromatic amines is 1. The molecule has 1 amide bonds. The number of hydroxylamine groups is 1. The number of amides is 1. The molecule has 0 saturated heterocycles. The highest BCUT2D eigenvalue weighted by molar-refractivity contribution is 5.90. The monoisotopic (exact) mass is 347 g/mol. The molecule has 0 bridgehead atoms. The zero-order chi connectivity index (χ0) is 17.9. The molecule has 5 heteroatoms. The average Bonchev–Trinajstić information content (AvgIpc) is 3.05. The van der Waals surface area contributed by atoms with Gasteiger partial charge in [0.2, 0.25) is 0 Å². The molecule has 2 heterocycles. The Labute approximate surface area is 151 Å². The van der Waals surface area contributed by atoms with Crippen LogP contribution in [0.25, 0.3) is 17.0 Å². The van der Waals surface area contributed by atoms with E-state index in [1.54, 1.807) is 11.6 Å². The van der Waals surface area contributed by atoms with E-state index in [0.29, 0.717) is 0 Å². The van der Waals surface area contributed by atoms with Gasteiger partial charge >= 0.3 is 0 Å². The van der Waals surface area contributed by atoms with E-state index in [9.17, 15) is 4.79 Å². The van der Waals surface area contributed by atoms with Crippen LogP contribution in [-0.2, 0) is 24.3 Å². The molecule has 1 aromatic heterocycles. The first kappa shape index (κ1) is 16.6. The predicted octanol–water partition coefficient (Wildman–Crippen LogP) is 3.24. The van der Waals surface area contributed by atoms with Gasteiger partial charge < -0.3 is 4.98 Å². The maximum absolute atomic E-state index is 11.0. The highest BCUT2D eigenvalue weighted by Gasteiger charge is 2.20. The number of para-hydroxylation sites is 1. The molecule has 0 spiro atoms. The number of H-pyrrole nitrogens is 1. The normalized spacial score (nSPS) is 14.7. The summed E-state index contributed by atoms with van der Waals surface area (Å²) in [5.41, 5.74) is 7.77. The van der Waals surface area contributed by atoms with Gasteiger partial charge in [-0.25, -0.2) is 5.48 Å². The summed E-state index contributed by atoms with van der Waals surface area (Å²) in [6, 6.07) is 16.6. The molecule has 0 unspecified atom stereocenters. The van der Waals surface area contributed by atoms with Crippen molar-refractivity contribution in [3.8, 4) is 0 Å². The van der Waals surface area contributed by atoms with Gasteiger partial charge in [-0.3, -0.25) is 14.9 Å². The van der Waals surface area contributed by atoms with Crippen LogP contribution < -0.4 is 5.48 Å². The lowest BCUT2D eigenvalue weighted by Gasteiger charge is -2.27. The maximum Gasteiger partial charge on any atom is 0.267 e. The standard InChI is InChI=1S/C21H21N3O2/c25-21(23-26)10-9-15-5-7-16(8-6-15)13-24-12-11-20-18(14-24)17-3-1-2-4-19(17)22-20/h1-10,22,26H,11-14H2,(H,23,25)/b10-9+. The molecule has 2 aromatic carbocycles. The lowest BCUT2D eigenvalue weighted by molar-refractivity contribution is -0.124. The van der Waals surface area contributed by atoms with Crippen molar-refractivity contribution >= 4 is 22.9 Å². The summed E-state index contributed by atoms with van der Waals surface area (Å²) in [5.74, 6) is -0.531. The van der Waals surface area contributed by atoms with Crippen LogP contribution in [0.4, 0.5) is 0 Å². The largest absolute Gasteiger partial charge is 0.358 e. The zero-order valence-corrected chi connectivity index (χ0v) is 14.4. The van der Waals surface area contributed by atoms with Crippen molar-refractivity contribution in [2.75, 3.05) is 6.54 Å². The van der Waals surface area contributed by atoms with Gasteiger partial charge in [-0.2, -0.15) is 0 Å². The summed E-state index contributed by atoms with van der Waals surface area (Å²) in [5, 5.41) is 9.83. The van der Waals surface area contributed by atoms with E-state index >= 15 is 0 Å². The van der Waals surface area contributed by atoms with E-state index in [1.165, 1.54) is 33.8 Å². The SMILES string of the molecule is O=C(/C=C/c1ccc(CN2CCc3[nH]c4ccccc4c3C2)cc1)NO. The van der Waals surface area contributed by atoms with Gasteiger partial charge in [-0.05, 0) is 28.8 Å². The third-order valence-corrected chi connectivity index (χ3v) is 4.89. The Morgan fingerprint density at radius 2 is 2.00 bits per heavy atom. The molecule has 5 nitrogen and oxygen atoms in total. The molecule has 3 aromatic rings. The first-order valence-corrected chi connectivity index (χ1v) is 8.75. The Morgan fingerprint density at radius 1 is 1.19 bits per heavy atom. The number of carbonyl (C=O) groups excluding carboxylic acids is 1. The van der Waals surface area contributed by atoms with Gasteiger partial charge in [0.25, 0.3) is 5.91 Å². The van der Waals surface area contributed by atoms with Crippen molar-refractivity contribution in [2.45, 2.75) is 19.5 Å². The van der Waals surface area contributed by atoms with Crippen LogP contribution in [0.2, 0.25) is 0 Å². The van der Waals surface area contributed by atoms with Crippen LogP contribution in [0.5, 0.6) is 0 Å². The minimum Gasteiger partial charge on any atom is -0.358 e. The van der Waals surface area contributed by atoms with Gasteiger partial charge in [0.05, 0.1) is 0 Å². The predicted molar refractivity (Wildman–Crippen MR) is 102 cm³/mol. The molecule has 132 valence electrons. The quantitative estimate of drug-likeness (QED) is 0.385. The fourth-order valence-electron chi connectivity index (χ4n) is 3.56. The smallest absolute Gasteiger partial charge is 0.267 e. The highest BCUT2D eigenvalue weighted by atomic mass is 16.5. The molecular weight excluding hydrogens is 326 g/mol. The zero-order valence-electron chi connectivity index (χ0n) is 14.4. The number of fused-ring (bicyclic) bond motifs is 3. The van der Waals surface area contributed by atoms with Gasteiger partial charge in [0, 0.05) is 48.7 Å². The van der Waals surface area contributed by atoms with E-state index in [0.717, 1.165) is 31.6 Å². The second-order valence-corrected chi connectivity index (χ2v) is 6.64. The van der Waals surface area contributed by atoms with Crippen LogP contribution in [0.15, 0.2) is 54.6 Å². The molecule has 0 radical (unpaired) electrons. The molecule has 26 heavy (non-hydrogen) atoms. The second-order valence-electron chi connectivity index (χ2n) is 6.64. The fourth-order valence-corrected chi connectivity index (χ4v) is 3.56. The Kier molecular flexibility index (Phi) is 4.56. The average molecular weight is 347 g/mol. The number of benzene rings is 2. The molecule has 1 aliphatic rings. The Balaban J connectivity index is 1.45. The Hall–Kier alpha value is -2.89. The molecule has 0 fully saturated rings. The number of hydrogen-bond donors (Lipinski definition) is 3. The van der Waals surface area contributed by atoms with E-state index in [4.69, 9.17) is 5.21 Å². The number of rotatable bonds is 4. The topological polar surface area (TPSA) is 68.4 Å².